The SMILES string of the molecule is NS(=O)(=O)NCc1nnc(CS(=O)(=O)C(c2ccc(OC(F)(F)F)cc2)c2nc3ccc(-c4ccc(F)nc4)cc3s2)o1. The molecule has 12 nitrogen and oxygen atoms in total. The number of pyridine rings is 1. The molecule has 0 aliphatic carbocycles. The number of benzene rings is 2. The van der Waals surface area contributed by atoms with Crippen molar-refractivity contribution in [1.82, 2.24) is 24.9 Å². The number of alkyl halides is 3. The summed E-state index contributed by atoms with van der Waals surface area (Å²) in [5, 5.41) is 10.7. The van der Waals surface area contributed by atoms with E-state index in [-0.39, 0.29) is 22.4 Å². The lowest BCUT2D eigenvalue weighted by atomic mass is 10.1. The zero-order valence-electron chi connectivity index (χ0n) is 21.3. The summed E-state index contributed by atoms with van der Waals surface area (Å²) in [5.41, 5.74) is 1.78. The zero-order chi connectivity index (χ0) is 31.0. The first kappa shape index (κ1) is 30.4. The van der Waals surface area contributed by atoms with Crippen LogP contribution in [0.4, 0.5) is 17.6 Å². The van der Waals surface area contributed by atoms with Gasteiger partial charge in [-0.25, -0.2) is 23.5 Å². The van der Waals surface area contributed by atoms with Crippen molar-refractivity contribution in [3.63, 3.8) is 0 Å². The average molecular weight is 659 g/mol. The van der Waals surface area contributed by atoms with Gasteiger partial charge >= 0.3 is 6.36 Å². The van der Waals surface area contributed by atoms with Gasteiger partial charge in [-0.15, -0.1) is 34.7 Å². The van der Waals surface area contributed by atoms with Crippen LogP contribution in [0.5, 0.6) is 5.75 Å². The third-order valence-electron chi connectivity index (χ3n) is 5.72. The third-order valence-corrected chi connectivity index (χ3v) is 9.37. The molecule has 1 unspecified atom stereocenters. The summed E-state index contributed by atoms with van der Waals surface area (Å²) in [6, 6.07) is 12.1. The molecular weight excluding hydrogens is 640 g/mol. The second kappa shape index (κ2) is 11.6. The smallest absolute Gasteiger partial charge is 0.423 e. The molecule has 226 valence electrons. The Bertz CT molecular complexity index is 1980. The van der Waals surface area contributed by atoms with Crippen LogP contribution in [-0.2, 0) is 32.3 Å². The Morgan fingerprint density at radius 1 is 0.977 bits per heavy atom. The van der Waals surface area contributed by atoms with Gasteiger partial charge in [0.05, 0.1) is 16.8 Å². The third kappa shape index (κ3) is 7.68. The van der Waals surface area contributed by atoms with Gasteiger partial charge in [-0.2, -0.15) is 17.5 Å². The number of fused-ring (bicyclic) bond motifs is 1. The number of thiazole rings is 1. The maximum absolute atomic E-state index is 13.8. The van der Waals surface area contributed by atoms with E-state index in [1.165, 1.54) is 30.5 Å². The number of nitrogens with two attached hydrogens (primary N) is 1. The first-order valence-electron chi connectivity index (χ1n) is 11.8. The minimum atomic E-state index is -4.95. The highest BCUT2D eigenvalue weighted by molar-refractivity contribution is 7.91. The minimum Gasteiger partial charge on any atom is -0.423 e. The maximum Gasteiger partial charge on any atom is 0.573 e. The van der Waals surface area contributed by atoms with Gasteiger partial charge in [-0.05, 0) is 47.5 Å². The molecule has 5 aromatic rings. The molecule has 2 aromatic carbocycles. The Labute approximate surface area is 244 Å². The number of sulfone groups is 1. The lowest BCUT2D eigenvalue weighted by molar-refractivity contribution is -0.274. The molecule has 0 amide bonds. The molecule has 0 radical (unpaired) electrons. The average Bonchev–Trinajstić information content (AvgIpc) is 3.53. The molecule has 19 heteroatoms. The molecule has 0 spiro atoms. The van der Waals surface area contributed by atoms with Crippen LogP contribution in [0.2, 0.25) is 0 Å². The summed E-state index contributed by atoms with van der Waals surface area (Å²) in [4.78, 5) is 8.12. The molecule has 0 fully saturated rings. The number of hydrogen-bond acceptors (Lipinski definition) is 11. The monoisotopic (exact) mass is 658 g/mol. The van der Waals surface area contributed by atoms with Gasteiger partial charge in [-0.3, -0.25) is 0 Å². The van der Waals surface area contributed by atoms with E-state index in [4.69, 9.17) is 9.56 Å². The van der Waals surface area contributed by atoms with Crippen LogP contribution in [0, 0.1) is 5.95 Å². The van der Waals surface area contributed by atoms with Crippen LogP contribution in [0.1, 0.15) is 27.6 Å². The van der Waals surface area contributed by atoms with E-state index < -0.39 is 55.7 Å². The quantitative estimate of drug-likeness (QED) is 0.166. The van der Waals surface area contributed by atoms with Crippen molar-refractivity contribution in [2.24, 2.45) is 5.14 Å². The second-order valence-electron chi connectivity index (χ2n) is 8.86. The molecule has 0 saturated carbocycles. The fourth-order valence-electron chi connectivity index (χ4n) is 3.96. The van der Waals surface area contributed by atoms with Gasteiger partial charge in [0, 0.05) is 11.8 Å². The number of nitrogens with zero attached hydrogens (tertiary/aromatic N) is 4. The number of hydrogen-bond donors (Lipinski definition) is 2. The maximum atomic E-state index is 13.8. The second-order valence-corrected chi connectivity index (χ2v) is 13.4. The molecule has 3 heterocycles. The molecule has 5 rings (SSSR count). The van der Waals surface area contributed by atoms with Gasteiger partial charge in [0.2, 0.25) is 17.7 Å². The van der Waals surface area contributed by atoms with Gasteiger partial charge in [0.1, 0.15) is 21.8 Å². The predicted octanol–water partition coefficient (Wildman–Crippen LogP) is 3.78. The highest BCUT2D eigenvalue weighted by atomic mass is 32.2. The van der Waals surface area contributed by atoms with Crippen molar-refractivity contribution in [1.29, 1.82) is 0 Å². The molecular formula is C24H18F4N6O6S3. The van der Waals surface area contributed by atoms with E-state index in [1.807, 2.05) is 4.72 Å². The fourth-order valence-corrected chi connectivity index (χ4v) is 7.45. The van der Waals surface area contributed by atoms with Crippen LogP contribution in [0.3, 0.4) is 0 Å². The largest absolute Gasteiger partial charge is 0.573 e. The van der Waals surface area contributed by atoms with E-state index in [0.29, 0.717) is 21.3 Å². The Kier molecular flexibility index (Phi) is 8.18. The Hall–Kier alpha value is -4.04. The summed E-state index contributed by atoms with van der Waals surface area (Å²) >= 11 is 1.03. The standard InChI is InChI=1S/C24H18F4N6O6S3/c25-19-8-4-15(10-30-19)14-3-7-17-18(9-14)41-23(32-17)22(13-1-5-16(6-2-13)40-24(26,27)28)42(35,36)12-21-34-33-20(39-21)11-31-43(29,37)38/h1-10,22,31H,11-12H2,(H2,29,37,38). The lowest BCUT2D eigenvalue weighted by Gasteiger charge is -2.16. The van der Waals surface area contributed by atoms with E-state index in [2.05, 4.69) is 24.9 Å². The van der Waals surface area contributed by atoms with Crippen LogP contribution in [-0.4, -0.2) is 43.4 Å². The van der Waals surface area contributed by atoms with E-state index in [1.54, 1.807) is 18.2 Å². The Balaban J connectivity index is 1.52. The summed E-state index contributed by atoms with van der Waals surface area (Å²) < 4.78 is 113. The van der Waals surface area contributed by atoms with Crippen molar-refractivity contribution in [3.8, 4) is 16.9 Å². The topological polar surface area (TPSA) is 180 Å². The molecule has 0 saturated heterocycles. The predicted molar refractivity (Wildman–Crippen MR) is 145 cm³/mol. The summed E-state index contributed by atoms with van der Waals surface area (Å²) in [5.74, 6) is -2.66. The van der Waals surface area contributed by atoms with Crippen LogP contribution in [0.25, 0.3) is 21.3 Å². The number of rotatable bonds is 10. The molecule has 3 N–H and O–H groups in total. The fraction of sp³-hybridized carbons (Fsp3) is 0.167. The van der Waals surface area contributed by atoms with Gasteiger partial charge in [0.25, 0.3) is 10.2 Å². The van der Waals surface area contributed by atoms with Crippen LogP contribution >= 0.6 is 11.3 Å². The van der Waals surface area contributed by atoms with Crippen molar-refractivity contribution in [2.45, 2.75) is 23.9 Å². The number of nitrogens with one attached hydrogen (secondary N) is 1. The van der Waals surface area contributed by atoms with Crippen molar-refractivity contribution >= 4 is 41.6 Å². The Morgan fingerprint density at radius 3 is 2.33 bits per heavy atom. The van der Waals surface area contributed by atoms with E-state index in [0.717, 1.165) is 23.5 Å². The molecule has 3 aromatic heterocycles. The number of halogens is 4. The number of aromatic nitrogens is 4. The van der Waals surface area contributed by atoms with Gasteiger partial charge in [0.15, 0.2) is 9.84 Å². The summed E-state index contributed by atoms with van der Waals surface area (Å²) in [6.45, 7) is -0.486. The molecule has 0 bridgehead atoms. The summed E-state index contributed by atoms with van der Waals surface area (Å²) in [6.07, 6.45) is -3.61. The molecule has 0 aliphatic heterocycles. The molecule has 0 aliphatic rings. The van der Waals surface area contributed by atoms with Crippen molar-refractivity contribution in [2.75, 3.05) is 0 Å². The van der Waals surface area contributed by atoms with Crippen molar-refractivity contribution in [3.05, 3.63) is 89.1 Å². The lowest BCUT2D eigenvalue weighted by Crippen LogP contribution is -2.30. The van der Waals surface area contributed by atoms with Crippen molar-refractivity contribution < 1.29 is 43.6 Å². The molecule has 1 atom stereocenters. The minimum absolute atomic E-state index is 0.0761. The van der Waals surface area contributed by atoms with Gasteiger partial charge < -0.3 is 9.15 Å². The first-order chi connectivity index (χ1) is 20.1. The highest BCUT2D eigenvalue weighted by Crippen LogP contribution is 2.39. The van der Waals surface area contributed by atoms with E-state index in [9.17, 15) is 34.4 Å². The van der Waals surface area contributed by atoms with Crippen LogP contribution < -0.4 is 14.6 Å². The zero-order valence-corrected chi connectivity index (χ0v) is 23.8. The van der Waals surface area contributed by atoms with E-state index >= 15 is 0 Å². The summed E-state index contributed by atoms with van der Waals surface area (Å²) in [7, 11) is -8.39. The normalized spacial score (nSPS) is 13.3. The highest BCUT2D eigenvalue weighted by Gasteiger charge is 2.35. The van der Waals surface area contributed by atoms with Crippen LogP contribution in [0.15, 0.2) is 65.2 Å². The first-order valence-corrected chi connectivity index (χ1v) is 15.9. The van der Waals surface area contributed by atoms with Gasteiger partial charge in [-0.1, -0.05) is 18.2 Å². The Morgan fingerprint density at radius 2 is 1.67 bits per heavy atom. The number of ether oxygens (including phenoxy) is 1. The molecule has 43 heavy (non-hydrogen) atoms.